The number of nitrogens with zero attached hydrogens (tertiary/aromatic N) is 2. The van der Waals surface area contributed by atoms with E-state index in [-0.39, 0.29) is 23.1 Å². The van der Waals surface area contributed by atoms with Crippen molar-refractivity contribution >= 4 is 44.0 Å². The second-order valence-corrected chi connectivity index (χ2v) is 8.87. The Balaban J connectivity index is 1.69. The number of hydrogen-bond donors (Lipinski definition) is 2. The zero-order chi connectivity index (χ0) is 19.6. The zero-order valence-electron chi connectivity index (χ0n) is 15.0. The first-order chi connectivity index (χ1) is 12.8. The van der Waals surface area contributed by atoms with Crippen LogP contribution in [0.15, 0.2) is 28.5 Å². The lowest BCUT2D eigenvalue weighted by molar-refractivity contribution is -0.117. The molecule has 27 heavy (non-hydrogen) atoms. The quantitative estimate of drug-likeness (QED) is 0.756. The minimum absolute atomic E-state index is 0.0422. The maximum Gasteiger partial charge on any atom is 0.240 e. The lowest BCUT2D eigenvalue weighted by Gasteiger charge is -2.11. The monoisotopic (exact) mass is 408 g/mol. The van der Waals surface area contributed by atoms with Crippen LogP contribution in [-0.4, -0.2) is 38.8 Å². The molecule has 10 heteroatoms. The Morgan fingerprint density at radius 2 is 2.15 bits per heavy atom. The normalized spacial score (nSPS) is 14.6. The van der Waals surface area contributed by atoms with E-state index in [2.05, 4.69) is 15.0 Å². The first-order valence-corrected chi connectivity index (χ1v) is 10.8. The zero-order valence-corrected chi connectivity index (χ0v) is 16.6. The Morgan fingerprint density at radius 1 is 1.37 bits per heavy atom. The van der Waals surface area contributed by atoms with Crippen molar-refractivity contribution in [1.82, 2.24) is 9.71 Å². The van der Waals surface area contributed by atoms with E-state index in [1.165, 1.54) is 24.5 Å². The highest BCUT2D eigenvalue weighted by Crippen LogP contribution is 2.26. The van der Waals surface area contributed by atoms with Crippen molar-refractivity contribution in [3.05, 3.63) is 34.8 Å². The number of thiazole rings is 1. The number of rotatable bonds is 6. The Bertz CT molecular complexity index is 985. The smallest absolute Gasteiger partial charge is 0.240 e. The lowest BCUT2D eigenvalue weighted by Crippen LogP contribution is -2.23. The molecule has 1 fully saturated rings. The molecule has 2 N–H and O–H groups in total. The highest BCUT2D eigenvalue weighted by atomic mass is 32.2. The molecule has 2 heterocycles. The van der Waals surface area contributed by atoms with Gasteiger partial charge in [0.05, 0.1) is 17.0 Å². The summed E-state index contributed by atoms with van der Waals surface area (Å²) < 4.78 is 26.4. The van der Waals surface area contributed by atoms with Crippen LogP contribution in [0, 0.1) is 6.92 Å². The molecular weight excluding hydrogens is 388 g/mol. The SMILES string of the molecule is CNS(=O)(=O)c1cc(NC(=O)Cc2csc(N3CCCC3=O)n2)ccc1C. The van der Waals surface area contributed by atoms with E-state index in [4.69, 9.17) is 0 Å². The van der Waals surface area contributed by atoms with Crippen LogP contribution < -0.4 is 14.9 Å². The molecular formula is C17H20N4O4S2. The molecule has 0 aliphatic carbocycles. The third-order valence-electron chi connectivity index (χ3n) is 4.22. The van der Waals surface area contributed by atoms with Crippen LogP contribution in [0.5, 0.6) is 0 Å². The number of sulfonamides is 1. The van der Waals surface area contributed by atoms with Gasteiger partial charge in [0.25, 0.3) is 0 Å². The molecule has 3 rings (SSSR count). The van der Waals surface area contributed by atoms with Crippen LogP contribution >= 0.6 is 11.3 Å². The number of carbonyl (C=O) groups is 2. The fourth-order valence-electron chi connectivity index (χ4n) is 2.80. The van der Waals surface area contributed by atoms with Crippen LogP contribution in [0.4, 0.5) is 10.8 Å². The molecule has 1 aromatic carbocycles. The Morgan fingerprint density at radius 3 is 2.81 bits per heavy atom. The highest BCUT2D eigenvalue weighted by Gasteiger charge is 2.24. The molecule has 0 unspecified atom stereocenters. The Labute approximate surface area is 161 Å². The van der Waals surface area contributed by atoms with Gasteiger partial charge in [-0.25, -0.2) is 18.1 Å². The molecule has 2 amide bonds. The Kier molecular flexibility index (Phi) is 5.59. The van der Waals surface area contributed by atoms with E-state index in [0.717, 1.165) is 6.42 Å². The van der Waals surface area contributed by atoms with E-state index in [1.807, 2.05) is 0 Å². The van der Waals surface area contributed by atoms with Gasteiger partial charge in [0, 0.05) is 24.0 Å². The standard InChI is InChI=1S/C17H20N4O4S2/c1-11-5-6-12(8-14(11)27(24,25)18-2)19-15(22)9-13-10-26-17(20-13)21-7-3-4-16(21)23/h5-6,8,10,18H,3-4,7,9H2,1-2H3,(H,19,22). The average molecular weight is 409 g/mol. The van der Waals surface area contributed by atoms with Crippen molar-refractivity contribution in [1.29, 1.82) is 0 Å². The number of carbonyl (C=O) groups excluding carboxylic acids is 2. The molecule has 0 bridgehead atoms. The van der Waals surface area contributed by atoms with E-state index in [9.17, 15) is 18.0 Å². The molecule has 144 valence electrons. The first kappa shape index (κ1) is 19.5. The molecule has 0 spiro atoms. The minimum Gasteiger partial charge on any atom is -0.326 e. The third-order valence-corrected chi connectivity index (χ3v) is 6.68. The van der Waals surface area contributed by atoms with E-state index in [0.29, 0.717) is 35.0 Å². The van der Waals surface area contributed by atoms with Crippen molar-refractivity contribution in [3.63, 3.8) is 0 Å². The topological polar surface area (TPSA) is 108 Å². The predicted molar refractivity (Wildman–Crippen MR) is 103 cm³/mol. The van der Waals surface area contributed by atoms with Gasteiger partial charge in [-0.15, -0.1) is 11.3 Å². The maximum atomic E-state index is 12.3. The number of aryl methyl sites for hydroxylation is 1. The van der Waals surface area contributed by atoms with Crippen molar-refractivity contribution < 1.29 is 18.0 Å². The first-order valence-electron chi connectivity index (χ1n) is 8.39. The number of benzene rings is 1. The van der Waals surface area contributed by atoms with Crippen molar-refractivity contribution in [3.8, 4) is 0 Å². The molecule has 2 aromatic rings. The van der Waals surface area contributed by atoms with Gasteiger partial charge < -0.3 is 5.32 Å². The van der Waals surface area contributed by atoms with Crippen LogP contribution in [0.1, 0.15) is 24.1 Å². The van der Waals surface area contributed by atoms with Crippen molar-refractivity contribution in [2.45, 2.75) is 31.1 Å². The van der Waals surface area contributed by atoms with E-state index < -0.39 is 10.0 Å². The highest BCUT2D eigenvalue weighted by molar-refractivity contribution is 7.89. The molecule has 0 radical (unpaired) electrons. The second-order valence-electron chi connectivity index (χ2n) is 6.18. The molecule has 1 saturated heterocycles. The number of nitrogens with one attached hydrogen (secondary N) is 2. The maximum absolute atomic E-state index is 12.3. The largest absolute Gasteiger partial charge is 0.326 e. The summed E-state index contributed by atoms with van der Waals surface area (Å²) in [6.45, 7) is 2.34. The van der Waals surface area contributed by atoms with Gasteiger partial charge in [-0.2, -0.15) is 0 Å². The van der Waals surface area contributed by atoms with Gasteiger partial charge >= 0.3 is 0 Å². The van der Waals surface area contributed by atoms with Gasteiger partial charge in [-0.3, -0.25) is 14.5 Å². The third kappa shape index (κ3) is 4.34. The summed E-state index contributed by atoms with van der Waals surface area (Å²) in [7, 11) is -2.27. The summed E-state index contributed by atoms with van der Waals surface area (Å²) in [6.07, 6.45) is 1.39. The summed E-state index contributed by atoms with van der Waals surface area (Å²) in [4.78, 5) is 30.2. The van der Waals surface area contributed by atoms with Gasteiger partial charge in [-0.1, -0.05) is 6.07 Å². The van der Waals surface area contributed by atoms with Gasteiger partial charge in [0.15, 0.2) is 5.13 Å². The fraction of sp³-hybridized carbons (Fsp3) is 0.353. The van der Waals surface area contributed by atoms with Gasteiger partial charge in [0.1, 0.15) is 0 Å². The molecule has 8 nitrogen and oxygen atoms in total. The lowest BCUT2D eigenvalue weighted by atomic mass is 10.2. The summed E-state index contributed by atoms with van der Waals surface area (Å²) in [6, 6.07) is 4.71. The molecule has 1 aliphatic rings. The summed E-state index contributed by atoms with van der Waals surface area (Å²) in [5.74, 6) is -0.255. The number of hydrogen-bond acceptors (Lipinski definition) is 6. The minimum atomic E-state index is -3.61. The molecule has 0 saturated carbocycles. The van der Waals surface area contributed by atoms with Crippen LogP contribution in [0.25, 0.3) is 0 Å². The summed E-state index contributed by atoms with van der Waals surface area (Å²) in [5, 5.41) is 5.06. The van der Waals surface area contributed by atoms with Crippen molar-refractivity contribution in [2.75, 3.05) is 23.8 Å². The van der Waals surface area contributed by atoms with Crippen LogP contribution in [0.2, 0.25) is 0 Å². The molecule has 1 aromatic heterocycles. The Hall–Kier alpha value is -2.30. The molecule has 0 atom stereocenters. The fourth-order valence-corrected chi connectivity index (χ4v) is 4.66. The molecule has 1 aliphatic heterocycles. The van der Waals surface area contributed by atoms with E-state index in [1.54, 1.807) is 29.3 Å². The predicted octanol–water partition coefficient (Wildman–Crippen LogP) is 1.67. The van der Waals surface area contributed by atoms with Crippen LogP contribution in [-0.2, 0) is 26.0 Å². The summed E-state index contributed by atoms with van der Waals surface area (Å²) >= 11 is 1.34. The van der Waals surface area contributed by atoms with Crippen LogP contribution in [0.3, 0.4) is 0 Å². The van der Waals surface area contributed by atoms with E-state index >= 15 is 0 Å². The second kappa shape index (κ2) is 7.75. The summed E-state index contributed by atoms with van der Waals surface area (Å²) in [5.41, 5.74) is 1.55. The van der Waals surface area contributed by atoms with Gasteiger partial charge in [-0.05, 0) is 38.1 Å². The van der Waals surface area contributed by atoms with Crippen molar-refractivity contribution in [2.24, 2.45) is 0 Å². The van der Waals surface area contributed by atoms with Gasteiger partial charge in [0.2, 0.25) is 21.8 Å². The number of amides is 2. The number of anilines is 2. The average Bonchev–Trinajstić information content (AvgIpc) is 3.25. The number of aromatic nitrogens is 1.